The van der Waals surface area contributed by atoms with Crippen molar-refractivity contribution in [2.45, 2.75) is 19.9 Å². The number of anilines is 1. The first-order valence-electron chi connectivity index (χ1n) is 9.38. The molecule has 1 aliphatic heterocycles. The highest BCUT2D eigenvalue weighted by molar-refractivity contribution is 8.03. The summed E-state index contributed by atoms with van der Waals surface area (Å²) in [5, 5.41) is 9.32. The summed E-state index contributed by atoms with van der Waals surface area (Å²) in [5.74, 6) is 1.36. The number of benzene rings is 2. The number of hydrogen-bond donors (Lipinski definition) is 2. The number of nitrogens with zero attached hydrogens (tertiary/aromatic N) is 2. The largest absolute Gasteiger partial charge is 0.396 e. The molecule has 0 saturated heterocycles. The van der Waals surface area contributed by atoms with Crippen LogP contribution < -0.4 is 9.62 Å². The van der Waals surface area contributed by atoms with Gasteiger partial charge in [-0.1, -0.05) is 54.4 Å². The Morgan fingerprint density at radius 3 is 2.69 bits per heavy atom. The summed E-state index contributed by atoms with van der Waals surface area (Å²) >= 11 is 2.91. The fourth-order valence-corrected chi connectivity index (χ4v) is 4.20. The van der Waals surface area contributed by atoms with E-state index in [0.717, 1.165) is 27.6 Å². The van der Waals surface area contributed by atoms with Crippen molar-refractivity contribution in [2.75, 3.05) is 23.5 Å². The average molecular weight is 428 g/mol. The smallest absolute Gasteiger partial charge is 0.280 e. The summed E-state index contributed by atoms with van der Waals surface area (Å²) in [6.07, 6.45) is 2.43. The van der Waals surface area contributed by atoms with E-state index in [4.69, 9.17) is 4.99 Å². The molecule has 0 saturated carbocycles. The van der Waals surface area contributed by atoms with Gasteiger partial charge in [-0.15, -0.1) is 11.8 Å². The van der Waals surface area contributed by atoms with Crippen LogP contribution in [0, 0.1) is 0 Å². The summed E-state index contributed by atoms with van der Waals surface area (Å²) in [6, 6.07) is 18.4. The Morgan fingerprint density at radius 2 is 1.97 bits per heavy atom. The molecule has 0 atom stereocenters. The standard InChI is InChI=1S/C22H25N3O2S2/c1-16-21(22(27)24-28-2)23-20(15-29-16)25(14-18-7-4-3-5-8-18)19-10-6-9-17(13-19)11-12-26/h3-10,13,26H,11-12,14-15H2,1-2H3,(H,24,27). The lowest BCUT2D eigenvalue weighted by Crippen LogP contribution is -2.35. The number of carbonyl (C=O) groups is 1. The van der Waals surface area contributed by atoms with Gasteiger partial charge in [-0.2, -0.15) is 0 Å². The second-order valence-corrected chi connectivity index (χ2v) is 8.37. The molecule has 2 N–H and O–H groups in total. The molecule has 0 unspecified atom stereocenters. The third-order valence-corrected chi connectivity index (χ3v) is 5.94. The maximum atomic E-state index is 12.5. The van der Waals surface area contributed by atoms with E-state index in [-0.39, 0.29) is 12.5 Å². The van der Waals surface area contributed by atoms with Crippen LogP contribution in [0.4, 0.5) is 5.69 Å². The van der Waals surface area contributed by atoms with Gasteiger partial charge in [-0.25, -0.2) is 4.99 Å². The quantitative estimate of drug-likeness (QED) is 0.654. The topological polar surface area (TPSA) is 64.9 Å². The van der Waals surface area contributed by atoms with Gasteiger partial charge in [0.25, 0.3) is 5.91 Å². The van der Waals surface area contributed by atoms with Crippen LogP contribution in [0.15, 0.2) is 70.2 Å². The second-order valence-electron chi connectivity index (χ2n) is 6.57. The van der Waals surface area contributed by atoms with E-state index in [2.05, 4.69) is 27.8 Å². The zero-order valence-corrected chi connectivity index (χ0v) is 18.2. The van der Waals surface area contributed by atoms with E-state index in [9.17, 15) is 9.90 Å². The number of nitrogens with one attached hydrogen (secondary N) is 1. The molecular weight excluding hydrogens is 402 g/mol. The molecule has 0 aliphatic carbocycles. The lowest BCUT2D eigenvalue weighted by molar-refractivity contribution is -0.115. The first kappa shape index (κ1) is 21.5. The zero-order chi connectivity index (χ0) is 20.6. The first-order chi connectivity index (χ1) is 14.1. The molecular formula is C22H25N3O2S2. The molecule has 2 aromatic rings. The number of thioether (sulfide) groups is 1. The first-order valence-corrected chi connectivity index (χ1v) is 11.6. The second kappa shape index (κ2) is 10.5. The maximum absolute atomic E-state index is 12.5. The van der Waals surface area contributed by atoms with Crippen molar-refractivity contribution in [1.82, 2.24) is 4.72 Å². The number of hydrogen-bond acceptors (Lipinski definition) is 6. The number of aliphatic imine (C=N–C) groups is 1. The number of aliphatic hydroxyl groups is 1. The van der Waals surface area contributed by atoms with Gasteiger partial charge in [0.05, 0.1) is 5.75 Å². The van der Waals surface area contributed by atoms with Gasteiger partial charge >= 0.3 is 0 Å². The van der Waals surface area contributed by atoms with Gasteiger partial charge in [0, 0.05) is 30.0 Å². The molecule has 5 nitrogen and oxygen atoms in total. The van der Waals surface area contributed by atoms with Crippen molar-refractivity contribution in [3.63, 3.8) is 0 Å². The minimum atomic E-state index is -0.173. The van der Waals surface area contributed by atoms with Crippen molar-refractivity contribution < 1.29 is 9.90 Å². The Hall–Kier alpha value is -2.22. The fourth-order valence-electron chi connectivity index (χ4n) is 3.08. The van der Waals surface area contributed by atoms with Crippen molar-refractivity contribution in [2.24, 2.45) is 4.99 Å². The van der Waals surface area contributed by atoms with Crippen molar-refractivity contribution in [1.29, 1.82) is 0 Å². The lowest BCUT2D eigenvalue weighted by atomic mass is 10.1. The summed E-state index contributed by atoms with van der Waals surface area (Å²) in [7, 11) is 0. The summed E-state index contributed by atoms with van der Waals surface area (Å²) in [6.45, 7) is 2.70. The molecule has 0 radical (unpaired) electrons. The summed E-state index contributed by atoms with van der Waals surface area (Å²) in [5.41, 5.74) is 3.70. The van der Waals surface area contributed by atoms with E-state index in [0.29, 0.717) is 24.4 Å². The van der Waals surface area contributed by atoms with E-state index in [1.54, 1.807) is 11.8 Å². The predicted molar refractivity (Wildman–Crippen MR) is 124 cm³/mol. The molecule has 0 aromatic heterocycles. The van der Waals surface area contributed by atoms with Crippen molar-refractivity contribution in [3.8, 4) is 0 Å². The number of allylic oxidation sites excluding steroid dienone is 1. The van der Waals surface area contributed by atoms with Crippen LogP contribution in [0.5, 0.6) is 0 Å². The van der Waals surface area contributed by atoms with E-state index >= 15 is 0 Å². The Bertz CT molecular complexity index is 913. The highest BCUT2D eigenvalue weighted by Crippen LogP contribution is 2.29. The van der Waals surface area contributed by atoms with Gasteiger partial charge in [0.15, 0.2) is 0 Å². The Kier molecular flexibility index (Phi) is 7.80. The van der Waals surface area contributed by atoms with Crippen LogP contribution in [0.2, 0.25) is 0 Å². The van der Waals surface area contributed by atoms with Gasteiger partial charge < -0.3 is 10.0 Å². The SMILES string of the molecule is CSNC(=O)C1=C(C)SCC(N(Cc2ccccc2)c2cccc(CCO)c2)=N1. The Morgan fingerprint density at radius 1 is 1.21 bits per heavy atom. The van der Waals surface area contributed by atoms with Crippen LogP contribution in [-0.2, 0) is 17.8 Å². The minimum absolute atomic E-state index is 0.111. The molecule has 0 spiro atoms. The zero-order valence-electron chi connectivity index (χ0n) is 16.6. The van der Waals surface area contributed by atoms with Gasteiger partial charge in [0.2, 0.25) is 0 Å². The van der Waals surface area contributed by atoms with Crippen molar-refractivity contribution >= 4 is 41.1 Å². The van der Waals surface area contributed by atoms with Crippen LogP contribution in [0.25, 0.3) is 0 Å². The van der Waals surface area contributed by atoms with Crippen LogP contribution >= 0.6 is 23.7 Å². The molecule has 1 amide bonds. The molecule has 1 heterocycles. The minimum Gasteiger partial charge on any atom is -0.396 e. The highest BCUT2D eigenvalue weighted by atomic mass is 32.2. The molecule has 7 heteroatoms. The normalized spacial score (nSPS) is 13.8. The van der Waals surface area contributed by atoms with E-state index < -0.39 is 0 Å². The van der Waals surface area contributed by atoms with Gasteiger partial charge in [-0.05, 0) is 36.6 Å². The number of amidine groups is 1. The summed E-state index contributed by atoms with van der Waals surface area (Å²) < 4.78 is 2.77. The third-order valence-electron chi connectivity index (χ3n) is 4.52. The third kappa shape index (κ3) is 5.65. The molecule has 3 rings (SSSR count). The van der Waals surface area contributed by atoms with Crippen LogP contribution in [-0.4, -0.2) is 35.5 Å². The number of rotatable bonds is 7. The average Bonchev–Trinajstić information content (AvgIpc) is 2.74. The Balaban J connectivity index is 2.00. The monoisotopic (exact) mass is 427 g/mol. The van der Waals surface area contributed by atoms with Crippen molar-refractivity contribution in [3.05, 3.63) is 76.3 Å². The van der Waals surface area contributed by atoms with E-state index in [1.165, 1.54) is 11.9 Å². The Labute approximate surface area is 180 Å². The fraction of sp³-hybridized carbons (Fsp3) is 0.273. The molecule has 0 bridgehead atoms. The van der Waals surface area contributed by atoms with Gasteiger partial charge in [0.1, 0.15) is 11.5 Å². The molecule has 0 fully saturated rings. The van der Waals surface area contributed by atoms with Gasteiger partial charge in [-0.3, -0.25) is 9.52 Å². The maximum Gasteiger partial charge on any atom is 0.280 e. The molecule has 152 valence electrons. The van der Waals surface area contributed by atoms with E-state index in [1.807, 2.05) is 49.6 Å². The lowest BCUT2D eigenvalue weighted by Gasteiger charge is -2.29. The van der Waals surface area contributed by atoms with Crippen LogP contribution in [0.3, 0.4) is 0 Å². The number of carbonyl (C=O) groups excluding carboxylic acids is 1. The highest BCUT2D eigenvalue weighted by Gasteiger charge is 2.23. The number of aliphatic hydroxyl groups excluding tert-OH is 1. The number of amides is 1. The van der Waals surface area contributed by atoms with Crippen LogP contribution in [0.1, 0.15) is 18.1 Å². The predicted octanol–water partition coefficient (Wildman–Crippen LogP) is 4.00. The molecule has 29 heavy (non-hydrogen) atoms. The summed E-state index contributed by atoms with van der Waals surface area (Å²) in [4.78, 5) is 20.3. The molecule has 1 aliphatic rings. The molecule has 2 aromatic carbocycles.